The lowest BCUT2D eigenvalue weighted by Gasteiger charge is -2.36. The molecule has 0 aromatic heterocycles. The summed E-state index contributed by atoms with van der Waals surface area (Å²) < 4.78 is 20.0. The molecule has 0 aliphatic carbocycles. The Balaban J connectivity index is 1.68. The minimum Gasteiger partial charge on any atom is -0.444 e. The molecule has 0 radical (unpaired) electrons. The van der Waals surface area contributed by atoms with Crippen LogP contribution in [-0.2, 0) is 4.74 Å². The number of likely N-dealkylation sites (tertiary alicyclic amines) is 1. The van der Waals surface area contributed by atoms with E-state index in [-0.39, 0.29) is 29.5 Å². The first-order valence-electron chi connectivity index (χ1n) is 9.50. The molecule has 0 spiro atoms. The van der Waals surface area contributed by atoms with E-state index in [9.17, 15) is 14.0 Å². The molecule has 1 aromatic rings. The van der Waals surface area contributed by atoms with Gasteiger partial charge in [-0.2, -0.15) is 0 Å². The van der Waals surface area contributed by atoms with Crippen LogP contribution in [0.4, 0.5) is 14.9 Å². The van der Waals surface area contributed by atoms with E-state index in [0.29, 0.717) is 13.1 Å². The highest BCUT2D eigenvalue weighted by molar-refractivity contribution is 6.04. The Bertz CT molecular complexity index is 801. The molecule has 0 N–H and O–H groups in total. The number of fused-ring (bicyclic) bond motifs is 2. The molecule has 0 saturated carbocycles. The lowest BCUT2D eigenvalue weighted by molar-refractivity contribution is 0.0214. The van der Waals surface area contributed by atoms with Gasteiger partial charge < -0.3 is 19.4 Å². The smallest absolute Gasteiger partial charge is 0.410 e. The second-order valence-electron chi connectivity index (χ2n) is 8.64. The number of allylic oxidation sites excluding steroid dienone is 1. The van der Waals surface area contributed by atoms with E-state index in [1.54, 1.807) is 36.2 Å². The van der Waals surface area contributed by atoms with Crippen molar-refractivity contribution in [1.82, 2.24) is 9.80 Å². The molecular formula is C21H28FN3O3. The van der Waals surface area contributed by atoms with E-state index in [2.05, 4.69) is 4.90 Å². The number of ether oxygens (including phenoxy) is 1. The predicted octanol–water partition coefficient (Wildman–Crippen LogP) is 3.28. The van der Waals surface area contributed by atoms with E-state index in [1.165, 1.54) is 18.2 Å². The van der Waals surface area contributed by atoms with Gasteiger partial charge in [-0.25, -0.2) is 9.18 Å². The van der Waals surface area contributed by atoms with Crippen molar-refractivity contribution in [3.05, 3.63) is 41.9 Å². The van der Waals surface area contributed by atoms with Crippen LogP contribution >= 0.6 is 0 Å². The van der Waals surface area contributed by atoms with Gasteiger partial charge in [0.15, 0.2) is 5.78 Å². The molecule has 2 fully saturated rings. The summed E-state index contributed by atoms with van der Waals surface area (Å²) in [5.74, 6) is -0.894. The number of carbonyl (C=O) groups is 2. The van der Waals surface area contributed by atoms with Crippen LogP contribution in [0.5, 0.6) is 0 Å². The minimum absolute atomic E-state index is 0.0570. The minimum atomic E-state index is -0.530. The van der Waals surface area contributed by atoms with E-state index in [4.69, 9.17) is 4.74 Å². The van der Waals surface area contributed by atoms with Crippen LogP contribution in [-0.4, -0.2) is 66.5 Å². The zero-order chi connectivity index (χ0) is 20.6. The second kappa shape index (κ2) is 7.45. The average Bonchev–Trinajstić information content (AvgIpc) is 3.18. The Morgan fingerprint density at radius 2 is 1.93 bits per heavy atom. The Morgan fingerprint density at radius 1 is 1.21 bits per heavy atom. The predicted molar refractivity (Wildman–Crippen MR) is 106 cm³/mol. The van der Waals surface area contributed by atoms with E-state index in [0.717, 1.165) is 12.1 Å². The van der Waals surface area contributed by atoms with Gasteiger partial charge in [0.1, 0.15) is 11.4 Å². The standard InChI is InChI=1S/C21H28FN3O3/c1-21(2,3)28-20(27)25-13-15-10-16(25)12-24(15)14-6-7-17(18(22)11-14)19(26)8-9-23(4)5/h6-9,11,15-16H,10,12-13H2,1-5H3/b9-8+/t15-,16-/m0/s1. The van der Waals surface area contributed by atoms with Crippen molar-refractivity contribution in [3.8, 4) is 0 Å². The van der Waals surface area contributed by atoms with Crippen LogP contribution in [0.25, 0.3) is 0 Å². The lowest BCUT2D eigenvalue weighted by Crippen LogP contribution is -2.50. The maximum absolute atomic E-state index is 14.5. The fraction of sp³-hybridized carbons (Fsp3) is 0.524. The monoisotopic (exact) mass is 389 g/mol. The SMILES string of the molecule is CN(C)/C=C/C(=O)c1ccc(N2C[C@@H]3C[C@H]2CN3C(=O)OC(C)(C)C)cc1F. The van der Waals surface area contributed by atoms with Gasteiger partial charge in [0.2, 0.25) is 0 Å². The molecule has 1 aromatic carbocycles. The normalized spacial score (nSPS) is 21.5. The topological polar surface area (TPSA) is 53.1 Å². The molecule has 152 valence electrons. The Hall–Kier alpha value is -2.57. The van der Waals surface area contributed by atoms with Gasteiger partial charge in [0, 0.05) is 51.2 Å². The van der Waals surface area contributed by atoms with Crippen molar-refractivity contribution >= 4 is 17.6 Å². The highest BCUT2D eigenvalue weighted by atomic mass is 19.1. The van der Waals surface area contributed by atoms with Gasteiger partial charge in [0.05, 0.1) is 11.6 Å². The third-order valence-electron chi connectivity index (χ3n) is 4.94. The fourth-order valence-corrected chi connectivity index (χ4v) is 3.72. The third-order valence-corrected chi connectivity index (χ3v) is 4.94. The molecule has 2 heterocycles. The van der Waals surface area contributed by atoms with Crippen LogP contribution in [0, 0.1) is 5.82 Å². The molecular weight excluding hydrogens is 361 g/mol. The molecule has 7 heteroatoms. The van der Waals surface area contributed by atoms with E-state index < -0.39 is 11.4 Å². The van der Waals surface area contributed by atoms with Gasteiger partial charge in [0.25, 0.3) is 0 Å². The van der Waals surface area contributed by atoms with Crippen LogP contribution < -0.4 is 4.90 Å². The summed E-state index contributed by atoms with van der Waals surface area (Å²) in [5, 5.41) is 0. The van der Waals surface area contributed by atoms with Gasteiger partial charge in [-0.15, -0.1) is 0 Å². The van der Waals surface area contributed by atoms with Crippen molar-refractivity contribution in [2.45, 2.75) is 44.9 Å². The Kier molecular flexibility index (Phi) is 5.37. The fourth-order valence-electron chi connectivity index (χ4n) is 3.72. The van der Waals surface area contributed by atoms with Gasteiger partial charge in [-0.3, -0.25) is 4.79 Å². The maximum atomic E-state index is 14.5. The first-order chi connectivity index (χ1) is 13.0. The first kappa shape index (κ1) is 20.2. The molecule has 0 unspecified atom stereocenters. The first-order valence-corrected chi connectivity index (χ1v) is 9.50. The number of hydrogen-bond acceptors (Lipinski definition) is 5. The van der Waals surface area contributed by atoms with E-state index in [1.807, 2.05) is 20.8 Å². The van der Waals surface area contributed by atoms with Crippen LogP contribution in [0.15, 0.2) is 30.5 Å². The number of carbonyl (C=O) groups excluding carboxylic acids is 2. The van der Waals surface area contributed by atoms with Crippen LogP contribution in [0.1, 0.15) is 37.6 Å². The maximum Gasteiger partial charge on any atom is 0.410 e. The summed E-state index contributed by atoms with van der Waals surface area (Å²) in [5.41, 5.74) is 0.272. The molecule has 2 aliphatic rings. The molecule has 6 nitrogen and oxygen atoms in total. The number of halogens is 1. The molecule has 2 saturated heterocycles. The van der Waals surface area contributed by atoms with Crippen molar-refractivity contribution in [1.29, 1.82) is 0 Å². The number of ketones is 1. The second-order valence-corrected chi connectivity index (χ2v) is 8.64. The number of rotatable bonds is 4. The number of amides is 1. The van der Waals surface area contributed by atoms with Crippen LogP contribution in [0.3, 0.4) is 0 Å². The number of hydrogen-bond donors (Lipinski definition) is 0. The summed E-state index contributed by atoms with van der Waals surface area (Å²) in [6, 6.07) is 4.91. The van der Waals surface area contributed by atoms with Crippen molar-refractivity contribution < 1.29 is 18.7 Å². The van der Waals surface area contributed by atoms with Crippen molar-refractivity contribution in [2.24, 2.45) is 0 Å². The summed E-state index contributed by atoms with van der Waals surface area (Å²) in [6.45, 7) is 6.76. The summed E-state index contributed by atoms with van der Waals surface area (Å²) in [4.78, 5) is 30.1. The third kappa shape index (κ3) is 4.29. The van der Waals surface area contributed by atoms with Crippen molar-refractivity contribution in [3.63, 3.8) is 0 Å². The molecule has 3 rings (SSSR count). The highest BCUT2D eigenvalue weighted by Crippen LogP contribution is 2.36. The number of benzene rings is 1. The van der Waals surface area contributed by atoms with Gasteiger partial charge >= 0.3 is 6.09 Å². The Morgan fingerprint density at radius 3 is 2.46 bits per heavy atom. The van der Waals surface area contributed by atoms with E-state index >= 15 is 0 Å². The highest BCUT2D eigenvalue weighted by Gasteiger charge is 2.46. The molecule has 2 bridgehead atoms. The Labute approximate surface area is 165 Å². The molecule has 1 amide bonds. The summed E-state index contributed by atoms with van der Waals surface area (Å²) >= 11 is 0. The van der Waals surface area contributed by atoms with Crippen LogP contribution in [0.2, 0.25) is 0 Å². The van der Waals surface area contributed by atoms with Crippen molar-refractivity contribution in [2.75, 3.05) is 32.1 Å². The number of nitrogens with zero attached hydrogens (tertiary/aromatic N) is 3. The largest absolute Gasteiger partial charge is 0.444 e. The average molecular weight is 389 g/mol. The molecule has 2 aliphatic heterocycles. The number of piperazine rings is 1. The summed E-state index contributed by atoms with van der Waals surface area (Å²) in [7, 11) is 3.60. The quantitative estimate of drug-likeness (QED) is 0.584. The van der Waals surface area contributed by atoms with Gasteiger partial charge in [-0.1, -0.05) is 0 Å². The zero-order valence-corrected chi connectivity index (χ0v) is 17.1. The molecule has 28 heavy (non-hydrogen) atoms. The number of anilines is 1. The van der Waals surface area contributed by atoms with Gasteiger partial charge in [-0.05, 0) is 45.4 Å². The zero-order valence-electron chi connectivity index (χ0n) is 17.1. The summed E-state index contributed by atoms with van der Waals surface area (Å²) in [6.07, 6.45) is 3.50. The lowest BCUT2D eigenvalue weighted by atomic mass is 10.1. The molecule has 2 atom stereocenters.